The van der Waals surface area contributed by atoms with Crippen molar-refractivity contribution in [3.05, 3.63) is 66.0 Å². The van der Waals surface area contributed by atoms with Gasteiger partial charge in [-0.05, 0) is 80.9 Å². The van der Waals surface area contributed by atoms with E-state index in [1.165, 1.54) is 18.4 Å². The molecule has 3 rings (SSSR count). The number of hydrogen-bond acceptors (Lipinski definition) is 2. The number of rotatable bonds is 8. The molecule has 2 aromatic rings. The maximum Gasteiger partial charge on any atom is 0.319 e. The number of carbonyl (C=O) groups is 1. The van der Waals surface area contributed by atoms with Crippen LogP contribution in [0.4, 0.5) is 14.9 Å². The van der Waals surface area contributed by atoms with E-state index < -0.39 is 0 Å². The predicted molar refractivity (Wildman–Crippen MR) is 112 cm³/mol. The summed E-state index contributed by atoms with van der Waals surface area (Å²) in [6, 6.07) is 16.2. The summed E-state index contributed by atoms with van der Waals surface area (Å²) < 4.78 is 13.1. The second-order valence-corrected chi connectivity index (χ2v) is 7.59. The first-order chi connectivity index (χ1) is 13.7. The van der Waals surface area contributed by atoms with Crippen molar-refractivity contribution in [3.63, 3.8) is 0 Å². The number of benzene rings is 2. The zero-order valence-corrected chi connectivity index (χ0v) is 16.4. The zero-order valence-electron chi connectivity index (χ0n) is 16.4. The van der Waals surface area contributed by atoms with Crippen molar-refractivity contribution in [1.82, 2.24) is 10.2 Å². The molecular formula is C23H30FN3O. The highest BCUT2D eigenvalue weighted by Crippen LogP contribution is 2.21. The molecule has 0 spiro atoms. The van der Waals surface area contributed by atoms with Crippen LogP contribution in [0.15, 0.2) is 54.6 Å². The number of nitrogens with zero attached hydrogens (tertiary/aromatic N) is 1. The van der Waals surface area contributed by atoms with Crippen molar-refractivity contribution >= 4 is 11.7 Å². The van der Waals surface area contributed by atoms with Crippen LogP contribution in [0.2, 0.25) is 0 Å². The third-order valence-electron chi connectivity index (χ3n) is 5.26. The van der Waals surface area contributed by atoms with E-state index in [0.717, 1.165) is 44.6 Å². The van der Waals surface area contributed by atoms with Gasteiger partial charge in [0.25, 0.3) is 0 Å². The molecule has 1 heterocycles. The molecule has 1 fully saturated rings. The number of anilines is 1. The average Bonchev–Trinajstić information content (AvgIpc) is 2.71. The van der Waals surface area contributed by atoms with E-state index in [2.05, 4.69) is 15.5 Å². The van der Waals surface area contributed by atoms with Crippen molar-refractivity contribution in [2.24, 2.45) is 5.92 Å². The molecule has 1 aliphatic heterocycles. The third-order valence-corrected chi connectivity index (χ3v) is 5.26. The first-order valence-corrected chi connectivity index (χ1v) is 10.3. The van der Waals surface area contributed by atoms with Crippen LogP contribution < -0.4 is 10.6 Å². The van der Waals surface area contributed by atoms with Crippen LogP contribution in [0.5, 0.6) is 0 Å². The Balaban J connectivity index is 1.29. The van der Waals surface area contributed by atoms with Gasteiger partial charge in [0.05, 0.1) is 0 Å². The van der Waals surface area contributed by atoms with Crippen molar-refractivity contribution in [3.8, 4) is 0 Å². The minimum absolute atomic E-state index is 0.150. The fraction of sp³-hybridized carbons (Fsp3) is 0.435. The maximum atomic E-state index is 13.1. The van der Waals surface area contributed by atoms with Gasteiger partial charge in [-0.2, -0.15) is 0 Å². The van der Waals surface area contributed by atoms with Gasteiger partial charge in [0, 0.05) is 18.8 Å². The number of piperidine rings is 1. The first-order valence-electron chi connectivity index (χ1n) is 10.3. The summed E-state index contributed by atoms with van der Waals surface area (Å²) in [6.45, 7) is 4.02. The first kappa shape index (κ1) is 20.3. The Labute approximate surface area is 167 Å². The molecule has 2 aromatic carbocycles. The van der Waals surface area contributed by atoms with Gasteiger partial charge in [0.15, 0.2) is 0 Å². The van der Waals surface area contributed by atoms with Crippen molar-refractivity contribution in [2.75, 3.05) is 31.5 Å². The van der Waals surface area contributed by atoms with E-state index in [9.17, 15) is 9.18 Å². The average molecular weight is 384 g/mol. The second kappa shape index (κ2) is 10.8. The van der Waals surface area contributed by atoms with Gasteiger partial charge in [-0.3, -0.25) is 0 Å². The number of carbonyl (C=O) groups excluding carboxylic acids is 1. The summed E-state index contributed by atoms with van der Waals surface area (Å²) >= 11 is 0. The molecular weight excluding hydrogens is 353 g/mol. The summed E-state index contributed by atoms with van der Waals surface area (Å²) in [4.78, 5) is 14.4. The van der Waals surface area contributed by atoms with Gasteiger partial charge in [0.2, 0.25) is 0 Å². The fourth-order valence-electron chi connectivity index (χ4n) is 3.83. The van der Waals surface area contributed by atoms with Crippen LogP contribution in [0.1, 0.15) is 31.2 Å². The van der Waals surface area contributed by atoms with Gasteiger partial charge in [-0.1, -0.05) is 30.3 Å². The molecule has 1 aliphatic rings. The molecule has 2 N–H and O–H groups in total. The number of halogens is 1. The van der Waals surface area contributed by atoms with Gasteiger partial charge in [-0.25, -0.2) is 9.18 Å². The molecule has 0 aromatic heterocycles. The maximum absolute atomic E-state index is 13.1. The summed E-state index contributed by atoms with van der Waals surface area (Å²) in [5, 5.41) is 5.75. The highest BCUT2D eigenvalue weighted by Gasteiger charge is 2.19. The molecule has 1 atom stereocenters. The van der Waals surface area contributed by atoms with E-state index in [0.29, 0.717) is 12.5 Å². The van der Waals surface area contributed by atoms with E-state index >= 15 is 0 Å². The van der Waals surface area contributed by atoms with Crippen LogP contribution >= 0.6 is 0 Å². The SMILES string of the molecule is O=C(NCCCCN1CCCC(Cc2ccc(F)cc2)C1)Nc1ccccc1. The smallest absolute Gasteiger partial charge is 0.319 e. The monoisotopic (exact) mass is 383 g/mol. The van der Waals surface area contributed by atoms with Crippen molar-refractivity contribution in [2.45, 2.75) is 32.1 Å². The van der Waals surface area contributed by atoms with Gasteiger partial charge >= 0.3 is 6.03 Å². The van der Waals surface area contributed by atoms with E-state index in [4.69, 9.17) is 0 Å². The Hall–Kier alpha value is -2.40. The molecule has 2 amide bonds. The van der Waals surface area contributed by atoms with Crippen LogP contribution in [-0.2, 0) is 6.42 Å². The molecule has 0 bridgehead atoms. The Bertz CT molecular complexity index is 720. The summed E-state index contributed by atoms with van der Waals surface area (Å²) in [7, 11) is 0. The van der Waals surface area contributed by atoms with Crippen molar-refractivity contribution in [1.29, 1.82) is 0 Å². The lowest BCUT2D eigenvalue weighted by Crippen LogP contribution is -2.37. The standard InChI is InChI=1S/C23H30FN3O/c24-21-12-10-19(11-13-21)17-20-7-6-16-27(18-20)15-5-4-14-25-23(28)26-22-8-2-1-3-9-22/h1-3,8-13,20H,4-7,14-18H2,(H2,25,26,28). The molecule has 4 nitrogen and oxygen atoms in total. The summed E-state index contributed by atoms with van der Waals surface area (Å²) in [5.74, 6) is 0.481. The minimum Gasteiger partial charge on any atom is -0.338 e. The zero-order chi connectivity index (χ0) is 19.6. The molecule has 5 heteroatoms. The van der Waals surface area contributed by atoms with Crippen LogP contribution in [0, 0.1) is 11.7 Å². The summed E-state index contributed by atoms with van der Waals surface area (Å²) in [6.07, 6.45) is 5.55. The van der Waals surface area contributed by atoms with E-state index in [-0.39, 0.29) is 11.8 Å². The number of amides is 2. The van der Waals surface area contributed by atoms with E-state index in [1.54, 1.807) is 12.1 Å². The Morgan fingerprint density at radius 2 is 1.86 bits per heavy atom. The Morgan fingerprint density at radius 3 is 2.64 bits per heavy atom. The largest absolute Gasteiger partial charge is 0.338 e. The minimum atomic E-state index is -0.167. The molecule has 1 saturated heterocycles. The summed E-state index contributed by atoms with van der Waals surface area (Å²) in [5.41, 5.74) is 2.03. The Kier molecular flexibility index (Phi) is 7.85. The molecule has 0 saturated carbocycles. The molecule has 0 radical (unpaired) electrons. The second-order valence-electron chi connectivity index (χ2n) is 7.59. The lowest BCUT2D eigenvalue weighted by atomic mass is 9.91. The van der Waals surface area contributed by atoms with Crippen LogP contribution in [0.25, 0.3) is 0 Å². The number of para-hydroxylation sites is 1. The molecule has 28 heavy (non-hydrogen) atoms. The van der Waals surface area contributed by atoms with Crippen molar-refractivity contribution < 1.29 is 9.18 Å². The molecule has 1 unspecified atom stereocenters. The van der Waals surface area contributed by atoms with Crippen LogP contribution in [0.3, 0.4) is 0 Å². The number of hydrogen-bond donors (Lipinski definition) is 2. The number of urea groups is 1. The molecule has 0 aliphatic carbocycles. The predicted octanol–water partition coefficient (Wildman–Crippen LogP) is 4.68. The number of unbranched alkanes of at least 4 members (excludes halogenated alkanes) is 1. The van der Waals surface area contributed by atoms with Gasteiger partial charge in [-0.15, -0.1) is 0 Å². The topological polar surface area (TPSA) is 44.4 Å². The number of likely N-dealkylation sites (tertiary alicyclic amines) is 1. The third kappa shape index (κ3) is 6.97. The van der Waals surface area contributed by atoms with E-state index in [1.807, 2.05) is 42.5 Å². The Morgan fingerprint density at radius 1 is 1.07 bits per heavy atom. The van der Waals surface area contributed by atoms with Gasteiger partial charge < -0.3 is 15.5 Å². The lowest BCUT2D eigenvalue weighted by molar-refractivity contribution is 0.171. The normalized spacial score (nSPS) is 17.2. The highest BCUT2D eigenvalue weighted by molar-refractivity contribution is 5.89. The number of nitrogens with one attached hydrogen (secondary N) is 2. The molecule has 150 valence electrons. The van der Waals surface area contributed by atoms with Crippen LogP contribution in [-0.4, -0.2) is 37.1 Å². The van der Waals surface area contributed by atoms with Gasteiger partial charge in [0.1, 0.15) is 5.82 Å². The fourth-order valence-corrected chi connectivity index (χ4v) is 3.83. The quantitative estimate of drug-likeness (QED) is 0.650. The lowest BCUT2D eigenvalue weighted by Gasteiger charge is -2.32. The highest BCUT2D eigenvalue weighted by atomic mass is 19.1.